The molecule has 1 aliphatic heterocycles. The molecule has 1 N–H and O–H groups in total. The number of aliphatic hydroxyl groups is 1. The van der Waals surface area contributed by atoms with Gasteiger partial charge in [0.25, 0.3) is 0 Å². The SMILES string of the molecule is CC(C)=CCC[C@H]1C(=O)O[C@H]2C[C@]3(C)C4=CC[C@H]5C(C)(C)[C@H](O)CC[C@]5(C)[C@H]4CC[C@@]3(C)[C@@H]21. The Kier molecular flexibility index (Phi) is 5.34. The zero-order valence-corrected chi connectivity index (χ0v) is 22.0. The third-order valence-electron chi connectivity index (χ3n) is 11.9. The molecule has 4 aliphatic carbocycles. The van der Waals surface area contributed by atoms with Gasteiger partial charge in [0.15, 0.2) is 0 Å². The van der Waals surface area contributed by atoms with Gasteiger partial charge in [-0.2, -0.15) is 0 Å². The minimum Gasteiger partial charge on any atom is -0.462 e. The summed E-state index contributed by atoms with van der Waals surface area (Å²) in [6.45, 7) is 16.4. The van der Waals surface area contributed by atoms with E-state index < -0.39 is 0 Å². The molecule has 3 nitrogen and oxygen atoms in total. The first kappa shape index (κ1) is 23.6. The fraction of sp³-hybridized carbons (Fsp3) is 0.833. The van der Waals surface area contributed by atoms with Gasteiger partial charge in [0, 0.05) is 5.92 Å². The van der Waals surface area contributed by atoms with E-state index in [4.69, 9.17) is 4.74 Å². The van der Waals surface area contributed by atoms with Crippen LogP contribution in [-0.4, -0.2) is 23.3 Å². The van der Waals surface area contributed by atoms with Gasteiger partial charge >= 0.3 is 5.97 Å². The maximum absolute atomic E-state index is 12.9. The number of esters is 1. The van der Waals surface area contributed by atoms with Crippen molar-refractivity contribution in [1.29, 1.82) is 0 Å². The number of carbonyl (C=O) groups is 1. The van der Waals surface area contributed by atoms with Crippen LogP contribution in [0, 0.1) is 45.3 Å². The van der Waals surface area contributed by atoms with Crippen molar-refractivity contribution in [2.75, 3.05) is 0 Å². The predicted octanol–water partition coefficient (Wildman–Crippen LogP) is 6.85. The largest absolute Gasteiger partial charge is 0.462 e. The maximum atomic E-state index is 12.9. The van der Waals surface area contributed by atoms with Crippen LogP contribution in [0.25, 0.3) is 0 Å². The van der Waals surface area contributed by atoms with E-state index in [2.05, 4.69) is 60.6 Å². The van der Waals surface area contributed by atoms with Crippen molar-refractivity contribution < 1.29 is 14.6 Å². The zero-order chi connectivity index (χ0) is 24.0. The summed E-state index contributed by atoms with van der Waals surface area (Å²) in [5, 5.41) is 10.8. The first-order valence-corrected chi connectivity index (χ1v) is 13.6. The van der Waals surface area contributed by atoms with Crippen molar-refractivity contribution in [3.63, 3.8) is 0 Å². The van der Waals surface area contributed by atoms with E-state index in [1.165, 1.54) is 18.4 Å². The van der Waals surface area contributed by atoms with Crippen LogP contribution in [0.15, 0.2) is 23.3 Å². The van der Waals surface area contributed by atoms with Gasteiger partial charge in [0.2, 0.25) is 0 Å². The first-order valence-electron chi connectivity index (χ1n) is 13.6. The molecule has 3 saturated carbocycles. The van der Waals surface area contributed by atoms with Crippen LogP contribution in [0.1, 0.15) is 99.8 Å². The smallest absolute Gasteiger partial charge is 0.309 e. The number of ether oxygens (including phenoxy) is 1. The summed E-state index contributed by atoms with van der Waals surface area (Å²) < 4.78 is 6.12. The highest BCUT2D eigenvalue weighted by Crippen LogP contribution is 2.74. The minimum atomic E-state index is -0.193. The second-order valence-electron chi connectivity index (χ2n) is 13.8. The predicted molar refractivity (Wildman–Crippen MR) is 132 cm³/mol. The standard InChI is InChI=1S/C30H46O3/c1-18(2)9-8-10-19-25-22(33-26(19)32)17-30(7)21-11-12-23-27(3,4)24(31)14-15-28(23,5)20(21)13-16-29(25,30)6/h9,11,19-20,22-25,31H,8,10,12-17H2,1-7H3/t19-,20+,22+,23+,24-,25-,28-,29+,30-/m1/s1. The van der Waals surface area contributed by atoms with Crippen molar-refractivity contribution >= 4 is 5.97 Å². The molecule has 0 aromatic rings. The number of rotatable bonds is 3. The Morgan fingerprint density at radius 1 is 1.15 bits per heavy atom. The van der Waals surface area contributed by atoms with Crippen LogP contribution < -0.4 is 0 Å². The summed E-state index contributed by atoms with van der Waals surface area (Å²) in [4.78, 5) is 12.9. The molecule has 0 bridgehead atoms. The highest BCUT2D eigenvalue weighted by molar-refractivity contribution is 5.76. The lowest BCUT2D eigenvalue weighted by Gasteiger charge is -2.64. The highest BCUT2D eigenvalue weighted by Gasteiger charge is 2.70. The number of carbonyl (C=O) groups excluding carboxylic acids is 1. The van der Waals surface area contributed by atoms with Crippen LogP contribution in [-0.2, 0) is 9.53 Å². The summed E-state index contributed by atoms with van der Waals surface area (Å²) in [6.07, 6.45) is 13.2. The fourth-order valence-electron chi connectivity index (χ4n) is 9.83. The fourth-order valence-corrected chi connectivity index (χ4v) is 9.83. The van der Waals surface area contributed by atoms with Gasteiger partial charge in [-0.3, -0.25) is 4.79 Å². The Labute approximate surface area is 201 Å². The topological polar surface area (TPSA) is 46.5 Å². The number of aliphatic hydroxyl groups excluding tert-OH is 1. The lowest BCUT2D eigenvalue weighted by Crippen LogP contribution is -2.58. The van der Waals surface area contributed by atoms with Crippen LogP contribution in [0.2, 0.25) is 0 Å². The van der Waals surface area contributed by atoms with Crippen LogP contribution in [0.3, 0.4) is 0 Å². The van der Waals surface area contributed by atoms with Gasteiger partial charge in [-0.15, -0.1) is 0 Å². The average molecular weight is 455 g/mol. The lowest BCUT2D eigenvalue weighted by atomic mass is 9.41. The van der Waals surface area contributed by atoms with E-state index in [-0.39, 0.29) is 45.8 Å². The molecule has 9 atom stereocenters. The lowest BCUT2D eigenvalue weighted by molar-refractivity contribution is -0.147. The number of allylic oxidation sites excluding steroid dienone is 4. The van der Waals surface area contributed by atoms with Gasteiger partial charge in [0.1, 0.15) is 6.10 Å². The molecular weight excluding hydrogens is 408 g/mol. The van der Waals surface area contributed by atoms with E-state index in [1.54, 1.807) is 5.57 Å². The Bertz CT molecular complexity index is 894. The second kappa shape index (κ2) is 7.45. The second-order valence-corrected chi connectivity index (χ2v) is 13.8. The van der Waals surface area contributed by atoms with Gasteiger partial charge in [-0.05, 0) is 98.7 Å². The van der Waals surface area contributed by atoms with Gasteiger partial charge in [-0.1, -0.05) is 57.9 Å². The molecule has 3 heteroatoms. The number of fused-ring (bicyclic) bond motifs is 7. The molecule has 0 spiro atoms. The van der Waals surface area contributed by atoms with Gasteiger partial charge in [0.05, 0.1) is 12.0 Å². The highest BCUT2D eigenvalue weighted by atomic mass is 16.6. The van der Waals surface area contributed by atoms with E-state index in [0.717, 1.165) is 38.5 Å². The summed E-state index contributed by atoms with van der Waals surface area (Å²) in [6, 6.07) is 0. The minimum absolute atomic E-state index is 0.0333. The molecule has 5 aliphatic rings. The summed E-state index contributed by atoms with van der Waals surface area (Å²) >= 11 is 0. The monoisotopic (exact) mass is 454 g/mol. The normalized spacial score (nSPS) is 49.8. The van der Waals surface area contributed by atoms with Crippen molar-refractivity contribution in [3.05, 3.63) is 23.3 Å². The Morgan fingerprint density at radius 3 is 2.58 bits per heavy atom. The molecule has 0 aromatic carbocycles. The quantitative estimate of drug-likeness (QED) is 0.375. The maximum Gasteiger partial charge on any atom is 0.309 e. The molecule has 184 valence electrons. The van der Waals surface area contributed by atoms with E-state index in [0.29, 0.717) is 17.8 Å². The van der Waals surface area contributed by atoms with E-state index in [9.17, 15) is 9.90 Å². The third kappa shape index (κ3) is 3.06. The molecule has 5 rings (SSSR count). The Morgan fingerprint density at radius 2 is 1.88 bits per heavy atom. The third-order valence-corrected chi connectivity index (χ3v) is 11.9. The van der Waals surface area contributed by atoms with Crippen molar-refractivity contribution in [3.8, 4) is 0 Å². The molecule has 1 heterocycles. The summed E-state index contributed by atoms with van der Waals surface area (Å²) in [5.41, 5.74) is 3.46. The Balaban J connectivity index is 1.49. The molecule has 1 saturated heterocycles. The molecule has 0 unspecified atom stereocenters. The summed E-state index contributed by atoms with van der Waals surface area (Å²) in [7, 11) is 0. The van der Waals surface area contributed by atoms with Crippen LogP contribution in [0.4, 0.5) is 0 Å². The number of hydrogen-bond donors (Lipinski definition) is 1. The zero-order valence-electron chi connectivity index (χ0n) is 22.0. The van der Waals surface area contributed by atoms with Crippen LogP contribution in [0.5, 0.6) is 0 Å². The van der Waals surface area contributed by atoms with E-state index >= 15 is 0 Å². The van der Waals surface area contributed by atoms with Gasteiger partial charge < -0.3 is 9.84 Å². The average Bonchev–Trinajstić information content (AvgIpc) is 3.14. The van der Waals surface area contributed by atoms with Crippen molar-refractivity contribution in [2.45, 2.75) is 112 Å². The summed E-state index contributed by atoms with van der Waals surface area (Å²) in [5.74, 6) is 1.58. The molecule has 0 amide bonds. The molecule has 0 radical (unpaired) electrons. The molecule has 4 fully saturated rings. The van der Waals surface area contributed by atoms with Crippen LogP contribution >= 0.6 is 0 Å². The first-order chi connectivity index (χ1) is 15.4. The molecule has 33 heavy (non-hydrogen) atoms. The van der Waals surface area contributed by atoms with Gasteiger partial charge in [-0.25, -0.2) is 0 Å². The van der Waals surface area contributed by atoms with Crippen molar-refractivity contribution in [2.24, 2.45) is 45.3 Å². The molecular formula is C30H46O3. The number of hydrogen-bond acceptors (Lipinski definition) is 3. The van der Waals surface area contributed by atoms with Crippen molar-refractivity contribution in [1.82, 2.24) is 0 Å². The Hall–Kier alpha value is -1.09. The van der Waals surface area contributed by atoms with E-state index in [1.807, 2.05) is 0 Å². The molecule has 0 aromatic heterocycles.